The molecule has 0 amide bonds. The highest BCUT2D eigenvalue weighted by molar-refractivity contribution is 5.98. The molecule has 2 aromatic carbocycles. The number of nitrogens with zero attached hydrogens (tertiary/aromatic N) is 1. The highest BCUT2D eigenvalue weighted by Gasteiger charge is 2.17. The van der Waals surface area contributed by atoms with E-state index in [1.807, 2.05) is 31.2 Å². The van der Waals surface area contributed by atoms with Crippen molar-refractivity contribution in [2.45, 2.75) is 26.7 Å². The van der Waals surface area contributed by atoms with Gasteiger partial charge in [0, 0.05) is 12.0 Å². The lowest BCUT2D eigenvalue weighted by molar-refractivity contribution is 0.0899. The topological polar surface area (TPSA) is 69.3 Å². The average molecular weight is 323 g/mol. The van der Waals surface area contributed by atoms with E-state index in [4.69, 9.17) is 4.42 Å². The van der Waals surface area contributed by atoms with E-state index >= 15 is 0 Å². The summed E-state index contributed by atoms with van der Waals surface area (Å²) >= 11 is 0. The number of aryl methyl sites for hydroxylation is 2. The Morgan fingerprint density at radius 3 is 2.58 bits per heavy atom. The van der Waals surface area contributed by atoms with Gasteiger partial charge in [-0.2, -0.15) is 0 Å². The van der Waals surface area contributed by atoms with Crippen LogP contribution in [-0.2, 0) is 6.42 Å². The molecule has 0 spiro atoms. The van der Waals surface area contributed by atoms with E-state index in [2.05, 4.69) is 0 Å². The first-order valence-electron chi connectivity index (χ1n) is 7.71. The summed E-state index contributed by atoms with van der Waals surface area (Å²) in [5.41, 5.74) is 3.26. The number of rotatable bonds is 4. The van der Waals surface area contributed by atoms with Gasteiger partial charge in [-0.3, -0.25) is 9.59 Å². The number of carbonyl (C=O) groups is 2. The average Bonchev–Trinajstić information content (AvgIpc) is 2.88. The third kappa shape index (κ3) is 2.93. The molecule has 0 saturated carbocycles. The van der Waals surface area contributed by atoms with Gasteiger partial charge in [-0.25, -0.2) is 9.36 Å². The van der Waals surface area contributed by atoms with Crippen molar-refractivity contribution in [2.75, 3.05) is 0 Å². The zero-order chi connectivity index (χ0) is 17.3. The summed E-state index contributed by atoms with van der Waals surface area (Å²) in [7, 11) is 0. The van der Waals surface area contributed by atoms with Gasteiger partial charge in [0.1, 0.15) is 0 Å². The number of carbonyl (C=O) groups excluding carboxylic acids is 2. The fraction of sp³-hybridized carbons (Fsp3) is 0.211. The molecule has 3 aromatic rings. The molecule has 24 heavy (non-hydrogen) atoms. The van der Waals surface area contributed by atoms with E-state index in [0.29, 0.717) is 17.5 Å². The van der Waals surface area contributed by atoms with Crippen LogP contribution in [-0.4, -0.2) is 16.3 Å². The molecule has 3 rings (SSSR count). The monoisotopic (exact) mass is 323 g/mol. The van der Waals surface area contributed by atoms with Crippen molar-refractivity contribution in [2.24, 2.45) is 0 Å². The molecule has 0 aliphatic carbocycles. The molecule has 0 N–H and O–H groups in total. The normalized spacial score (nSPS) is 10.9. The van der Waals surface area contributed by atoms with Crippen LogP contribution >= 0.6 is 0 Å². The minimum Gasteiger partial charge on any atom is -0.407 e. The number of fused-ring (bicyclic) bond motifs is 1. The lowest BCUT2D eigenvalue weighted by Crippen LogP contribution is -2.22. The van der Waals surface area contributed by atoms with Gasteiger partial charge in [0.25, 0.3) is 0 Å². The van der Waals surface area contributed by atoms with Crippen molar-refractivity contribution in [3.05, 3.63) is 69.7 Å². The van der Waals surface area contributed by atoms with E-state index in [-0.39, 0.29) is 23.7 Å². The summed E-state index contributed by atoms with van der Waals surface area (Å²) in [6.07, 6.45) is 0.754. The molecule has 0 saturated heterocycles. The predicted octanol–water partition coefficient (Wildman–Crippen LogP) is 3.38. The smallest absolute Gasteiger partial charge is 0.407 e. The maximum Gasteiger partial charge on any atom is 0.426 e. The Hall–Kier alpha value is -2.95. The predicted molar refractivity (Wildman–Crippen MR) is 90.6 cm³/mol. The van der Waals surface area contributed by atoms with Crippen molar-refractivity contribution in [1.29, 1.82) is 0 Å². The molecule has 0 aliphatic rings. The number of hydrogen-bond donors (Lipinski definition) is 0. The van der Waals surface area contributed by atoms with Gasteiger partial charge in [0.05, 0.1) is 5.52 Å². The van der Waals surface area contributed by atoms with Crippen molar-refractivity contribution in [3.8, 4) is 0 Å². The number of Topliss-reactive ketones (excluding diaryl/α,β-unsaturated/α-hetero) is 1. The summed E-state index contributed by atoms with van der Waals surface area (Å²) in [6.45, 7) is 3.42. The Labute approximate surface area is 138 Å². The lowest BCUT2D eigenvalue weighted by atomic mass is 10.0. The van der Waals surface area contributed by atoms with Crippen LogP contribution in [0.5, 0.6) is 0 Å². The number of aromatic nitrogens is 1. The van der Waals surface area contributed by atoms with Crippen LogP contribution in [0.15, 0.2) is 51.7 Å². The molecule has 0 radical (unpaired) electrons. The molecule has 5 nitrogen and oxygen atoms in total. The van der Waals surface area contributed by atoms with Crippen molar-refractivity contribution in [1.82, 2.24) is 4.57 Å². The Kier molecular flexibility index (Phi) is 4.16. The highest BCUT2D eigenvalue weighted by atomic mass is 16.4. The summed E-state index contributed by atoms with van der Waals surface area (Å²) < 4.78 is 6.16. The third-order valence-electron chi connectivity index (χ3n) is 4.11. The van der Waals surface area contributed by atoms with Gasteiger partial charge in [-0.15, -0.1) is 0 Å². The first kappa shape index (κ1) is 15.9. The summed E-state index contributed by atoms with van der Waals surface area (Å²) in [5.74, 6) is -1.17. The van der Waals surface area contributed by atoms with E-state index in [0.717, 1.165) is 15.7 Å². The van der Waals surface area contributed by atoms with Crippen LogP contribution in [0.2, 0.25) is 0 Å². The molecule has 0 bridgehead atoms. The standard InChI is InChI=1S/C19H17NO4/c1-12-5-3-4-6-14(12)8-10-18(22)20-16-9-7-15(13(2)21)11-17(16)24-19(20)23/h3-7,9,11H,8,10H2,1-2H3. The van der Waals surface area contributed by atoms with Gasteiger partial charge in [0.15, 0.2) is 11.4 Å². The largest absolute Gasteiger partial charge is 0.426 e. The Bertz CT molecular complexity index is 994. The van der Waals surface area contributed by atoms with Gasteiger partial charge in [-0.1, -0.05) is 24.3 Å². The number of ketones is 1. The molecular weight excluding hydrogens is 306 g/mol. The summed E-state index contributed by atoms with van der Waals surface area (Å²) in [4.78, 5) is 35.9. The Morgan fingerprint density at radius 1 is 1.12 bits per heavy atom. The van der Waals surface area contributed by atoms with Crippen LogP contribution in [0.25, 0.3) is 11.1 Å². The fourth-order valence-electron chi connectivity index (χ4n) is 2.72. The zero-order valence-corrected chi connectivity index (χ0v) is 13.5. The molecule has 5 heteroatoms. The second kappa shape index (κ2) is 6.28. The van der Waals surface area contributed by atoms with Crippen LogP contribution in [0.3, 0.4) is 0 Å². The van der Waals surface area contributed by atoms with Crippen molar-refractivity contribution >= 4 is 22.8 Å². The zero-order valence-electron chi connectivity index (χ0n) is 13.5. The molecule has 0 atom stereocenters. The number of hydrogen-bond acceptors (Lipinski definition) is 4. The molecule has 0 fully saturated rings. The van der Waals surface area contributed by atoms with Crippen molar-refractivity contribution < 1.29 is 14.0 Å². The SMILES string of the molecule is CC(=O)c1ccc2c(c1)oc(=O)n2C(=O)CCc1ccccc1C. The van der Waals surface area contributed by atoms with Gasteiger partial charge < -0.3 is 4.42 Å². The van der Waals surface area contributed by atoms with E-state index in [1.54, 1.807) is 12.1 Å². The highest BCUT2D eigenvalue weighted by Crippen LogP contribution is 2.17. The van der Waals surface area contributed by atoms with E-state index in [9.17, 15) is 14.4 Å². The minimum atomic E-state index is -0.722. The third-order valence-corrected chi connectivity index (χ3v) is 4.11. The van der Waals surface area contributed by atoms with Crippen molar-refractivity contribution in [3.63, 3.8) is 0 Å². The Morgan fingerprint density at radius 2 is 1.88 bits per heavy atom. The quantitative estimate of drug-likeness (QED) is 0.690. The molecule has 0 unspecified atom stereocenters. The van der Waals surface area contributed by atoms with Crippen LogP contribution < -0.4 is 5.76 Å². The Balaban J connectivity index is 1.90. The maximum atomic E-state index is 12.5. The number of oxazole rings is 1. The van der Waals surface area contributed by atoms with Crippen LogP contribution in [0.4, 0.5) is 0 Å². The summed E-state index contributed by atoms with van der Waals surface area (Å²) in [6, 6.07) is 12.5. The van der Waals surface area contributed by atoms with Gasteiger partial charge >= 0.3 is 5.76 Å². The lowest BCUT2D eigenvalue weighted by Gasteiger charge is -2.05. The summed E-state index contributed by atoms with van der Waals surface area (Å²) in [5, 5.41) is 0. The molecule has 1 aromatic heterocycles. The van der Waals surface area contributed by atoms with Gasteiger partial charge in [0.2, 0.25) is 5.91 Å². The number of benzene rings is 2. The molecule has 1 heterocycles. The first-order valence-corrected chi connectivity index (χ1v) is 7.71. The van der Waals surface area contributed by atoms with Crippen LogP contribution in [0.1, 0.15) is 39.6 Å². The maximum absolute atomic E-state index is 12.5. The van der Waals surface area contributed by atoms with Crippen LogP contribution in [0, 0.1) is 6.92 Å². The molecule has 0 aliphatic heterocycles. The molecule has 122 valence electrons. The minimum absolute atomic E-state index is 0.127. The van der Waals surface area contributed by atoms with Gasteiger partial charge in [-0.05, 0) is 49.6 Å². The second-order valence-electron chi connectivity index (χ2n) is 5.76. The second-order valence-corrected chi connectivity index (χ2v) is 5.76. The first-order chi connectivity index (χ1) is 11.5. The molecular formula is C19H17NO4. The van der Waals surface area contributed by atoms with E-state index < -0.39 is 5.76 Å². The fourth-order valence-corrected chi connectivity index (χ4v) is 2.72. The van der Waals surface area contributed by atoms with E-state index in [1.165, 1.54) is 13.0 Å².